The fourth-order valence-electron chi connectivity index (χ4n) is 2.25. The van der Waals surface area contributed by atoms with Gasteiger partial charge in [0.1, 0.15) is 0 Å². The molecule has 0 atom stereocenters. The quantitative estimate of drug-likeness (QED) is 0.643. The van der Waals surface area contributed by atoms with Gasteiger partial charge < -0.3 is 0 Å². The van der Waals surface area contributed by atoms with Crippen LogP contribution in [0.25, 0.3) is 17.2 Å². The molecule has 0 heterocycles. The summed E-state index contributed by atoms with van der Waals surface area (Å²) in [6.45, 7) is 2.15. The Morgan fingerprint density at radius 2 is 1.59 bits per heavy atom. The van der Waals surface area contributed by atoms with Crippen LogP contribution in [0.3, 0.4) is 0 Å². The fourth-order valence-corrected chi connectivity index (χ4v) is 2.25. The second kappa shape index (κ2) is 5.14. The summed E-state index contributed by atoms with van der Waals surface area (Å²) in [6, 6.07) is 17.1. The van der Waals surface area contributed by atoms with Crippen LogP contribution in [0.4, 0.5) is 0 Å². The maximum atomic E-state index is 2.26. The Balaban J connectivity index is 0.00000108. The molecule has 0 bridgehead atoms. The van der Waals surface area contributed by atoms with Crippen molar-refractivity contribution in [2.24, 2.45) is 0 Å². The van der Waals surface area contributed by atoms with Crippen LogP contribution in [0.15, 0.2) is 54.1 Å². The molecule has 0 aromatic heterocycles. The van der Waals surface area contributed by atoms with Gasteiger partial charge in [-0.25, -0.2) is 0 Å². The second-order valence-electron chi connectivity index (χ2n) is 4.21. The van der Waals surface area contributed by atoms with Crippen molar-refractivity contribution in [2.45, 2.75) is 6.92 Å². The van der Waals surface area contributed by atoms with Crippen molar-refractivity contribution in [1.29, 1.82) is 0 Å². The molecule has 0 unspecified atom stereocenters. The summed E-state index contributed by atoms with van der Waals surface area (Å²) in [5.41, 5.74) is 6.63. The van der Waals surface area contributed by atoms with E-state index >= 15 is 0 Å². The maximum Gasteiger partial charge on any atom is 0.0161 e. The number of allylic oxidation sites excluding steroid dienone is 1. The summed E-state index contributed by atoms with van der Waals surface area (Å²) in [6.07, 6.45) is 4.50. The molecule has 1 aliphatic carbocycles. The summed E-state index contributed by atoms with van der Waals surface area (Å²) in [5.74, 6) is 0. The van der Waals surface area contributed by atoms with Crippen LogP contribution in [-0.4, -0.2) is 0 Å². The van der Waals surface area contributed by atoms with Crippen molar-refractivity contribution in [3.05, 3.63) is 71.7 Å². The van der Waals surface area contributed by atoms with Gasteiger partial charge in [0, 0.05) is 32.3 Å². The van der Waals surface area contributed by atoms with Crippen molar-refractivity contribution in [2.75, 3.05) is 0 Å². The molecule has 0 aliphatic heterocycles. The van der Waals surface area contributed by atoms with Gasteiger partial charge in [-0.2, -0.15) is 0 Å². The molecule has 1 aliphatic rings. The van der Waals surface area contributed by atoms with E-state index in [2.05, 4.69) is 68.0 Å². The van der Waals surface area contributed by atoms with Crippen LogP contribution in [0, 0.1) is 6.42 Å². The largest absolute Gasteiger partial charge is 0.0642 e. The Labute approximate surface area is 121 Å². The topological polar surface area (TPSA) is 0 Å². The molecule has 81 valence electrons. The molecule has 3 rings (SSSR count). The minimum atomic E-state index is 0. The Morgan fingerprint density at radius 1 is 0.824 bits per heavy atom. The molecule has 2 aromatic rings. The Morgan fingerprint density at radius 3 is 2.35 bits per heavy atom. The van der Waals surface area contributed by atoms with Gasteiger partial charge in [-0.3, -0.25) is 0 Å². The van der Waals surface area contributed by atoms with Gasteiger partial charge in [-0.1, -0.05) is 60.2 Å². The minimum absolute atomic E-state index is 0. The first-order chi connectivity index (χ1) is 7.84. The molecule has 0 fully saturated rings. The number of hydrogen-bond donors (Lipinski definition) is 0. The van der Waals surface area contributed by atoms with E-state index in [1.54, 1.807) is 0 Å². The van der Waals surface area contributed by atoms with E-state index in [0.717, 1.165) is 0 Å². The number of rotatable bonds is 1. The predicted octanol–water partition coefficient (Wildman–Crippen LogP) is 4.32. The summed E-state index contributed by atoms with van der Waals surface area (Å²) in [7, 11) is 0. The van der Waals surface area contributed by atoms with Crippen LogP contribution in [0.1, 0.15) is 18.1 Å². The first-order valence-corrected chi connectivity index (χ1v) is 5.56. The molecular weight excluding hydrogens is 371 g/mol. The van der Waals surface area contributed by atoms with Gasteiger partial charge in [0.15, 0.2) is 0 Å². The molecule has 17 heavy (non-hydrogen) atoms. The fraction of sp³-hybridized carbons (Fsp3) is 0.0625. The van der Waals surface area contributed by atoms with Crippen molar-refractivity contribution in [3.63, 3.8) is 0 Å². The Hall–Kier alpha value is -0.950. The van der Waals surface area contributed by atoms with Gasteiger partial charge in [-0.05, 0) is 29.2 Å². The van der Waals surface area contributed by atoms with Gasteiger partial charge in [0.05, 0.1) is 0 Å². The molecule has 0 saturated carbocycles. The molecule has 0 nitrogen and oxygen atoms in total. The summed E-state index contributed by atoms with van der Waals surface area (Å²) < 4.78 is 0. The zero-order chi connectivity index (χ0) is 11.0. The summed E-state index contributed by atoms with van der Waals surface area (Å²) in [5, 5.41) is 0. The smallest absolute Gasteiger partial charge is 0.0161 e. The third-order valence-corrected chi connectivity index (χ3v) is 2.98. The average Bonchev–Trinajstić information content (AvgIpc) is 2.70. The van der Waals surface area contributed by atoms with E-state index in [0.29, 0.717) is 0 Å². The third-order valence-electron chi connectivity index (χ3n) is 2.98. The van der Waals surface area contributed by atoms with Crippen LogP contribution < -0.4 is 0 Å². The van der Waals surface area contributed by atoms with Crippen LogP contribution in [-0.2, 0) is 25.8 Å². The zero-order valence-electron chi connectivity index (χ0n) is 9.77. The molecular formula is C16H13Hf. The van der Waals surface area contributed by atoms with Crippen LogP contribution in [0.5, 0.6) is 0 Å². The van der Waals surface area contributed by atoms with Gasteiger partial charge in [0.2, 0.25) is 0 Å². The van der Waals surface area contributed by atoms with Crippen molar-refractivity contribution >= 4 is 6.08 Å². The van der Waals surface area contributed by atoms with Gasteiger partial charge >= 0.3 is 0 Å². The summed E-state index contributed by atoms with van der Waals surface area (Å²) in [4.78, 5) is 0. The van der Waals surface area contributed by atoms with Gasteiger partial charge in [-0.15, -0.1) is 0 Å². The standard InChI is InChI=1S/C16H13.Hf/c1-12-10-14-8-5-9-15(16(14)11-12)13-6-3-2-4-7-13;/h2-11H,1H3;. The average molecular weight is 384 g/mol. The molecule has 0 spiro atoms. The normalized spacial score (nSPS) is 12.6. The van der Waals surface area contributed by atoms with Crippen molar-refractivity contribution in [1.82, 2.24) is 0 Å². The first-order valence-electron chi connectivity index (χ1n) is 5.56. The van der Waals surface area contributed by atoms with E-state index in [4.69, 9.17) is 0 Å². The van der Waals surface area contributed by atoms with Crippen molar-refractivity contribution < 1.29 is 25.8 Å². The third kappa shape index (κ3) is 2.35. The Kier molecular flexibility index (Phi) is 3.78. The van der Waals surface area contributed by atoms with Crippen LogP contribution >= 0.6 is 0 Å². The summed E-state index contributed by atoms with van der Waals surface area (Å²) >= 11 is 0. The minimum Gasteiger partial charge on any atom is -0.0642 e. The molecule has 1 radical (unpaired) electrons. The number of benzene rings is 2. The Bertz CT molecular complexity index is 553. The molecule has 0 N–H and O–H groups in total. The van der Waals surface area contributed by atoms with Crippen molar-refractivity contribution in [3.8, 4) is 11.1 Å². The van der Waals surface area contributed by atoms with E-state index in [-0.39, 0.29) is 25.8 Å². The second-order valence-corrected chi connectivity index (χ2v) is 4.21. The van der Waals surface area contributed by atoms with E-state index < -0.39 is 0 Å². The van der Waals surface area contributed by atoms with E-state index in [9.17, 15) is 0 Å². The molecule has 0 amide bonds. The predicted molar refractivity (Wildman–Crippen MR) is 68.9 cm³/mol. The molecule has 1 heteroatoms. The van der Waals surface area contributed by atoms with Crippen LogP contribution in [0.2, 0.25) is 0 Å². The van der Waals surface area contributed by atoms with E-state index in [1.807, 2.05) is 0 Å². The number of fused-ring (bicyclic) bond motifs is 1. The zero-order valence-corrected chi connectivity index (χ0v) is 13.4. The first kappa shape index (κ1) is 12.5. The molecule has 0 saturated heterocycles. The maximum absolute atomic E-state index is 2.26. The monoisotopic (exact) mass is 385 g/mol. The number of hydrogen-bond acceptors (Lipinski definition) is 0. The van der Waals surface area contributed by atoms with Gasteiger partial charge in [0.25, 0.3) is 0 Å². The molecule has 2 aromatic carbocycles. The SMILES string of the molecule is CC1=Cc2c(cccc2-c2ccccc2)[CH]1.[Hf]. The van der Waals surface area contributed by atoms with E-state index in [1.165, 1.54) is 27.8 Å².